The molecule has 0 saturated heterocycles. The van der Waals surface area contributed by atoms with E-state index in [0.29, 0.717) is 0 Å². The predicted molar refractivity (Wildman–Crippen MR) is 80.9 cm³/mol. The van der Waals surface area contributed by atoms with Crippen LogP contribution in [0.25, 0.3) is 0 Å². The Labute approximate surface area is 128 Å². The first-order valence-electron chi connectivity index (χ1n) is 3.46. The molecule has 76 valence electrons. The van der Waals surface area contributed by atoms with Gasteiger partial charge in [0.25, 0.3) is 5.24 Å². The summed E-state index contributed by atoms with van der Waals surface area (Å²) in [5.41, 5.74) is 0. The Balaban J connectivity index is 2.91. The largest absolute Gasteiger partial charge is 0.482 e. The van der Waals surface area contributed by atoms with Gasteiger partial charge in [-0.15, -0.1) is 0 Å². The molecule has 0 aliphatic rings. The van der Waals surface area contributed by atoms with E-state index in [9.17, 15) is 4.79 Å². The standard InChI is InChI=1S/C8H4ClI3O2/c9-7(13)3-14-8-5(11)1-4(10)2-6(8)12/h1-2H,3H2. The maximum atomic E-state index is 10.5. The van der Waals surface area contributed by atoms with Crippen LogP contribution in [0.4, 0.5) is 0 Å². The molecule has 0 saturated carbocycles. The molecule has 6 heteroatoms. The molecule has 0 aromatic heterocycles. The van der Waals surface area contributed by atoms with Crippen molar-refractivity contribution in [3.8, 4) is 5.75 Å². The van der Waals surface area contributed by atoms with Crippen LogP contribution in [-0.4, -0.2) is 11.8 Å². The summed E-state index contributed by atoms with van der Waals surface area (Å²) >= 11 is 11.8. The smallest absolute Gasteiger partial charge is 0.259 e. The SMILES string of the molecule is O=C(Cl)COc1c(I)cc(I)cc1I. The van der Waals surface area contributed by atoms with Gasteiger partial charge in [-0.3, -0.25) is 4.79 Å². The maximum Gasteiger partial charge on any atom is 0.259 e. The van der Waals surface area contributed by atoms with Gasteiger partial charge < -0.3 is 4.74 Å². The van der Waals surface area contributed by atoms with E-state index < -0.39 is 5.24 Å². The molecule has 1 aromatic carbocycles. The minimum atomic E-state index is -0.491. The van der Waals surface area contributed by atoms with Crippen molar-refractivity contribution in [2.75, 3.05) is 6.61 Å². The number of halogens is 4. The van der Waals surface area contributed by atoms with E-state index in [1.165, 1.54) is 0 Å². The van der Waals surface area contributed by atoms with Crippen molar-refractivity contribution in [2.24, 2.45) is 0 Å². The minimum absolute atomic E-state index is 0.0891. The van der Waals surface area contributed by atoms with Crippen LogP contribution in [0.5, 0.6) is 5.75 Å². The second kappa shape index (κ2) is 6.04. The fourth-order valence-electron chi connectivity index (χ4n) is 0.796. The third-order valence-corrected chi connectivity index (χ3v) is 3.63. The van der Waals surface area contributed by atoms with Crippen LogP contribution in [0.3, 0.4) is 0 Å². The molecular formula is C8H4ClI3O2. The van der Waals surface area contributed by atoms with Gasteiger partial charge in [0.1, 0.15) is 5.75 Å². The summed E-state index contributed by atoms with van der Waals surface area (Å²) in [6, 6.07) is 3.97. The topological polar surface area (TPSA) is 26.3 Å². The van der Waals surface area contributed by atoms with E-state index >= 15 is 0 Å². The highest BCUT2D eigenvalue weighted by atomic mass is 127. The lowest BCUT2D eigenvalue weighted by Crippen LogP contribution is -2.06. The van der Waals surface area contributed by atoms with Crippen LogP contribution in [0, 0.1) is 10.7 Å². The zero-order chi connectivity index (χ0) is 10.7. The predicted octanol–water partition coefficient (Wildman–Crippen LogP) is 3.64. The fourth-order valence-corrected chi connectivity index (χ4v) is 4.74. The van der Waals surface area contributed by atoms with Gasteiger partial charge in [0.15, 0.2) is 6.61 Å². The van der Waals surface area contributed by atoms with Crippen LogP contribution >= 0.6 is 79.4 Å². The van der Waals surface area contributed by atoms with E-state index in [-0.39, 0.29) is 6.61 Å². The Bertz CT molecular complexity index is 345. The van der Waals surface area contributed by atoms with Crippen LogP contribution in [0.2, 0.25) is 0 Å². The van der Waals surface area contributed by atoms with Crippen LogP contribution in [0.1, 0.15) is 0 Å². The molecule has 0 heterocycles. The van der Waals surface area contributed by atoms with E-state index in [1.807, 2.05) is 12.1 Å². The van der Waals surface area contributed by atoms with Gasteiger partial charge in [-0.1, -0.05) is 0 Å². The second-order valence-electron chi connectivity index (χ2n) is 2.34. The first-order valence-corrected chi connectivity index (χ1v) is 7.08. The second-order valence-corrected chi connectivity index (χ2v) is 6.33. The highest BCUT2D eigenvalue weighted by Gasteiger charge is 2.09. The summed E-state index contributed by atoms with van der Waals surface area (Å²) in [5, 5.41) is -0.491. The Hall–Kier alpha value is 1.17. The molecule has 0 aliphatic carbocycles. The normalized spacial score (nSPS) is 10.0. The number of ether oxygens (including phenoxy) is 1. The van der Waals surface area contributed by atoms with Crippen molar-refractivity contribution in [3.05, 3.63) is 22.8 Å². The maximum absolute atomic E-state index is 10.5. The highest BCUT2D eigenvalue weighted by molar-refractivity contribution is 14.1. The van der Waals surface area contributed by atoms with Gasteiger partial charge in [0, 0.05) is 3.57 Å². The zero-order valence-electron chi connectivity index (χ0n) is 6.69. The molecule has 0 amide bonds. The molecule has 0 spiro atoms. The molecule has 0 radical (unpaired) electrons. The molecule has 1 aromatic rings. The van der Waals surface area contributed by atoms with Crippen LogP contribution < -0.4 is 4.74 Å². The Kier molecular flexibility index (Phi) is 5.71. The summed E-state index contributed by atoms with van der Waals surface area (Å²) in [4.78, 5) is 10.5. The van der Waals surface area contributed by atoms with Crippen LogP contribution in [-0.2, 0) is 4.79 Å². The number of benzene rings is 1. The van der Waals surface area contributed by atoms with Gasteiger partial charge in [0.2, 0.25) is 0 Å². The van der Waals surface area contributed by atoms with E-state index in [0.717, 1.165) is 16.5 Å². The van der Waals surface area contributed by atoms with Crippen molar-refractivity contribution in [2.45, 2.75) is 0 Å². The van der Waals surface area contributed by atoms with Gasteiger partial charge in [-0.25, -0.2) is 0 Å². The van der Waals surface area contributed by atoms with E-state index in [4.69, 9.17) is 16.3 Å². The Morgan fingerprint density at radius 3 is 2.21 bits per heavy atom. The van der Waals surface area contributed by atoms with Gasteiger partial charge in [-0.2, -0.15) is 0 Å². The lowest BCUT2D eigenvalue weighted by molar-refractivity contribution is -0.113. The summed E-state index contributed by atoms with van der Waals surface area (Å²) in [7, 11) is 0. The first-order chi connectivity index (χ1) is 6.50. The summed E-state index contributed by atoms with van der Waals surface area (Å²) in [5.74, 6) is 0.723. The number of rotatable bonds is 3. The molecule has 0 unspecified atom stereocenters. The van der Waals surface area contributed by atoms with Crippen molar-refractivity contribution >= 4 is 84.6 Å². The molecule has 0 fully saturated rings. The van der Waals surface area contributed by atoms with E-state index in [2.05, 4.69) is 67.8 Å². The molecule has 0 aliphatic heterocycles. The average molecular weight is 548 g/mol. The van der Waals surface area contributed by atoms with Crippen molar-refractivity contribution in [1.29, 1.82) is 0 Å². The van der Waals surface area contributed by atoms with Crippen molar-refractivity contribution in [3.63, 3.8) is 0 Å². The third-order valence-electron chi connectivity index (χ3n) is 1.29. The first kappa shape index (κ1) is 13.2. The molecule has 0 atom stereocenters. The molecule has 1 rings (SSSR count). The molecular weight excluding hydrogens is 544 g/mol. The fraction of sp³-hybridized carbons (Fsp3) is 0.125. The zero-order valence-corrected chi connectivity index (χ0v) is 13.9. The minimum Gasteiger partial charge on any atom is -0.482 e. The van der Waals surface area contributed by atoms with Crippen molar-refractivity contribution in [1.82, 2.24) is 0 Å². The average Bonchev–Trinajstić information content (AvgIpc) is 2.01. The van der Waals surface area contributed by atoms with Gasteiger partial charge in [0.05, 0.1) is 7.14 Å². The number of carbonyl (C=O) groups is 1. The highest BCUT2D eigenvalue weighted by Crippen LogP contribution is 2.29. The third kappa shape index (κ3) is 3.97. The van der Waals surface area contributed by atoms with Crippen LogP contribution in [0.15, 0.2) is 12.1 Å². The van der Waals surface area contributed by atoms with Crippen molar-refractivity contribution < 1.29 is 9.53 Å². The molecule has 14 heavy (non-hydrogen) atoms. The monoisotopic (exact) mass is 548 g/mol. The molecule has 2 nitrogen and oxygen atoms in total. The lowest BCUT2D eigenvalue weighted by atomic mass is 10.3. The summed E-state index contributed by atoms with van der Waals surface area (Å²) in [6.45, 7) is -0.0891. The van der Waals surface area contributed by atoms with Gasteiger partial charge >= 0.3 is 0 Å². The molecule has 0 N–H and O–H groups in total. The number of hydrogen-bond acceptors (Lipinski definition) is 2. The quantitative estimate of drug-likeness (QED) is 0.426. The van der Waals surface area contributed by atoms with Gasteiger partial charge in [-0.05, 0) is 91.5 Å². The number of hydrogen-bond donors (Lipinski definition) is 0. The summed E-state index contributed by atoms with van der Waals surface area (Å²) < 4.78 is 8.39. The molecule has 0 bridgehead atoms. The Morgan fingerprint density at radius 1 is 1.29 bits per heavy atom. The number of carbonyl (C=O) groups excluding carboxylic acids is 1. The Morgan fingerprint density at radius 2 is 1.79 bits per heavy atom. The lowest BCUT2D eigenvalue weighted by Gasteiger charge is -2.08. The summed E-state index contributed by atoms with van der Waals surface area (Å²) in [6.07, 6.45) is 0. The van der Waals surface area contributed by atoms with E-state index in [1.54, 1.807) is 0 Å².